The molecule has 0 saturated carbocycles. The zero-order valence-corrected chi connectivity index (χ0v) is 16.8. The predicted molar refractivity (Wildman–Crippen MR) is 103 cm³/mol. The lowest BCUT2D eigenvalue weighted by atomic mass is 10.0. The molecule has 1 saturated heterocycles. The zero-order chi connectivity index (χ0) is 19.0. The van der Waals surface area contributed by atoms with Gasteiger partial charge in [0.25, 0.3) is 0 Å². The van der Waals surface area contributed by atoms with E-state index in [1.54, 1.807) is 12.0 Å². The highest BCUT2D eigenvalue weighted by Crippen LogP contribution is 2.31. The van der Waals surface area contributed by atoms with Gasteiger partial charge in [0, 0.05) is 52.1 Å². The molecule has 25 heavy (non-hydrogen) atoms. The van der Waals surface area contributed by atoms with E-state index in [1.165, 1.54) is 6.34 Å². The van der Waals surface area contributed by atoms with E-state index in [2.05, 4.69) is 37.1 Å². The summed E-state index contributed by atoms with van der Waals surface area (Å²) in [6.45, 7) is 15.7. The maximum atomic E-state index is 7.68. The van der Waals surface area contributed by atoms with Crippen LogP contribution in [0.3, 0.4) is 0 Å². The Hall–Kier alpha value is -1.53. The molecule has 0 aromatic rings. The van der Waals surface area contributed by atoms with Crippen LogP contribution in [-0.2, 0) is 9.47 Å². The lowest BCUT2D eigenvalue weighted by Gasteiger charge is -2.45. The highest BCUT2D eigenvalue weighted by Gasteiger charge is 2.36. The Kier molecular flexibility index (Phi) is 8.45. The first kappa shape index (κ1) is 21.5. The third-order valence-electron chi connectivity index (χ3n) is 5.37. The second-order valence-electron chi connectivity index (χ2n) is 6.47. The summed E-state index contributed by atoms with van der Waals surface area (Å²) >= 11 is 0. The third-order valence-corrected chi connectivity index (χ3v) is 5.37. The molecule has 1 heterocycles. The van der Waals surface area contributed by atoms with Gasteiger partial charge in [-0.1, -0.05) is 6.58 Å². The average molecular weight is 353 g/mol. The predicted octanol–water partition coefficient (Wildman–Crippen LogP) is 3.09. The van der Waals surface area contributed by atoms with E-state index in [9.17, 15) is 0 Å². The van der Waals surface area contributed by atoms with E-state index in [0.717, 1.165) is 50.5 Å². The number of ether oxygens (including phenoxy) is 2. The summed E-state index contributed by atoms with van der Waals surface area (Å²) in [5.41, 5.74) is 0.364. The van der Waals surface area contributed by atoms with E-state index in [0.29, 0.717) is 6.04 Å². The highest BCUT2D eigenvalue weighted by molar-refractivity contribution is 5.52. The topological polar surface area (TPSA) is 52.0 Å². The number of methoxy groups -OCH3 is 1. The first-order valence-corrected chi connectivity index (χ1v) is 9.14. The van der Waals surface area contributed by atoms with Gasteiger partial charge in [0.05, 0.1) is 6.34 Å². The van der Waals surface area contributed by atoms with Gasteiger partial charge >= 0.3 is 0 Å². The minimum atomic E-state index is -0.702. The Bertz CT molecular complexity index is 474. The number of hydrogen-bond acceptors (Lipinski definition) is 5. The number of nitrogens with zero attached hydrogens (tertiary/aromatic N) is 3. The molecule has 0 aliphatic carbocycles. The summed E-state index contributed by atoms with van der Waals surface area (Å²) in [5, 5.41) is 7.68. The van der Waals surface area contributed by atoms with Crippen LogP contribution < -0.4 is 0 Å². The van der Waals surface area contributed by atoms with E-state index >= 15 is 0 Å². The van der Waals surface area contributed by atoms with Crippen molar-refractivity contribution in [3.63, 3.8) is 0 Å². The molecule has 0 aromatic heterocycles. The number of rotatable bonds is 10. The fourth-order valence-corrected chi connectivity index (χ4v) is 3.43. The molecular weight excluding hydrogens is 316 g/mol. The van der Waals surface area contributed by atoms with Crippen LogP contribution in [0.15, 0.2) is 24.2 Å². The maximum absolute atomic E-state index is 7.68. The Balaban J connectivity index is 3.47. The lowest BCUT2D eigenvalue weighted by molar-refractivity contribution is -0.0498. The molecule has 144 valence electrons. The van der Waals surface area contributed by atoms with Gasteiger partial charge in [0.15, 0.2) is 5.72 Å². The van der Waals surface area contributed by atoms with E-state index in [-0.39, 0.29) is 0 Å². The van der Waals surface area contributed by atoms with Crippen molar-refractivity contribution in [1.82, 2.24) is 14.7 Å². The van der Waals surface area contributed by atoms with E-state index in [4.69, 9.17) is 14.9 Å². The van der Waals surface area contributed by atoms with E-state index < -0.39 is 5.72 Å². The van der Waals surface area contributed by atoms with Crippen molar-refractivity contribution in [2.24, 2.45) is 0 Å². The zero-order valence-electron chi connectivity index (χ0n) is 16.8. The fraction of sp³-hybridized carbons (Fsp3) is 0.737. The number of likely N-dealkylation sites (N-methyl/N-ethyl adjacent to an activating group) is 1. The molecule has 6 nitrogen and oxygen atoms in total. The largest absolute Gasteiger partial charge is 0.381 e. The summed E-state index contributed by atoms with van der Waals surface area (Å²) in [6, 6.07) is 0.434. The van der Waals surface area contributed by atoms with Gasteiger partial charge in [-0.05, 0) is 46.7 Å². The highest BCUT2D eigenvalue weighted by atomic mass is 16.5. The molecule has 1 rings (SSSR count). The molecule has 0 aromatic carbocycles. The van der Waals surface area contributed by atoms with Crippen molar-refractivity contribution in [2.45, 2.75) is 52.3 Å². The molecule has 0 bridgehead atoms. The second kappa shape index (κ2) is 9.82. The van der Waals surface area contributed by atoms with Crippen molar-refractivity contribution in [1.29, 1.82) is 5.41 Å². The lowest BCUT2D eigenvalue weighted by Crippen LogP contribution is -2.50. The van der Waals surface area contributed by atoms with Gasteiger partial charge in [-0.3, -0.25) is 5.41 Å². The molecule has 6 heteroatoms. The first-order valence-electron chi connectivity index (χ1n) is 9.14. The van der Waals surface area contributed by atoms with Crippen molar-refractivity contribution in [3.05, 3.63) is 24.2 Å². The molecule has 1 N–H and O–H groups in total. The normalized spacial score (nSPS) is 18.8. The Morgan fingerprint density at radius 2 is 1.92 bits per heavy atom. The van der Waals surface area contributed by atoms with Crippen molar-refractivity contribution >= 4 is 6.34 Å². The molecule has 0 spiro atoms. The molecule has 0 amide bonds. The van der Waals surface area contributed by atoms with Crippen LogP contribution in [-0.4, -0.2) is 73.3 Å². The Morgan fingerprint density at radius 3 is 2.32 bits per heavy atom. The smallest absolute Gasteiger partial charge is 0.164 e. The van der Waals surface area contributed by atoms with Crippen LogP contribution in [0.1, 0.15) is 40.5 Å². The monoisotopic (exact) mass is 352 g/mol. The van der Waals surface area contributed by atoms with Gasteiger partial charge < -0.3 is 24.2 Å². The van der Waals surface area contributed by atoms with Crippen LogP contribution in [0, 0.1) is 5.41 Å². The Labute approximate surface area is 153 Å². The Morgan fingerprint density at radius 1 is 1.32 bits per heavy atom. The molecular formula is C19H36N4O2. The average Bonchev–Trinajstić information content (AvgIpc) is 2.67. The van der Waals surface area contributed by atoms with Crippen LogP contribution in [0.4, 0.5) is 0 Å². The minimum absolute atomic E-state index is 0.434. The summed E-state index contributed by atoms with van der Waals surface area (Å²) in [6.07, 6.45) is 5.22. The summed E-state index contributed by atoms with van der Waals surface area (Å²) < 4.78 is 11.4. The van der Waals surface area contributed by atoms with Crippen molar-refractivity contribution in [2.75, 3.05) is 40.5 Å². The van der Waals surface area contributed by atoms with Crippen molar-refractivity contribution < 1.29 is 9.47 Å². The van der Waals surface area contributed by atoms with Crippen molar-refractivity contribution in [3.8, 4) is 0 Å². The maximum Gasteiger partial charge on any atom is 0.164 e. The summed E-state index contributed by atoms with van der Waals surface area (Å²) in [5.74, 6) is 1.12. The van der Waals surface area contributed by atoms with Gasteiger partial charge in [0.2, 0.25) is 0 Å². The first-order chi connectivity index (χ1) is 11.9. The summed E-state index contributed by atoms with van der Waals surface area (Å²) in [4.78, 5) is 6.40. The van der Waals surface area contributed by atoms with Crippen LogP contribution >= 0.6 is 0 Å². The quantitative estimate of drug-likeness (QED) is 0.372. The standard InChI is InChI=1S/C19H36N4O2/c1-8-22(9-2)18(16(4)19(5,24-7)21(6)15-20)23(10-3)17-11-13-25-14-12-17/h8,15,17,20H,1,9-14H2,2-7H3/b18-16+,20-15?. The number of nitrogens with one attached hydrogen (secondary N) is 1. The molecule has 1 atom stereocenters. The summed E-state index contributed by atoms with van der Waals surface area (Å²) in [7, 11) is 3.56. The van der Waals surface area contributed by atoms with Crippen LogP contribution in [0.5, 0.6) is 0 Å². The van der Waals surface area contributed by atoms with Crippen LogP contribution in [0.25, 0.3) is 0 Å². The molecule has 1 aliphatic heterocycles. The van der Waals surface area contributed by atoms with Gasteiger partial charge in [0.1, 0.15) is 5.82 Å². The second-order valence-corrected chi connectivity index (χ2v) is 6.47. The van der Waals surface area contributed by atoms with Gasteiger partial charge in [-0.25, -0.2) is 0 Å². The van der Waals surface area contributed by atoms with Gasteiger partial charge in [-0.2, -0.15) is 0 Å². The number of hydrogen-bond donors (Lipinski definition) is 1. The van der Waals surface area contributed by atoms with E-state index in [1.807, 2.05) is 20.2 Å². The molecule has 1 aliphatic rings. The SMILES string of the molecule is C=CN(CC)/C(=C(/C)C(C)(OC)N(C)C=N)N(CC)C1CCOCC1. The fourth-order valence-electron chi connectivity index (χ4n) is 3.43. The molecule has 1 unspecified atom stereocenters. The molecule has 0 radical (unpaired) electrons. The molecule has 1 fully saturated rings. The van der Waals surface area contributed by atoms with Gasteiger partial charge in [-0.15, -0.1) is 0 Å². The minimum Gasteiger partial charge on any atom is -0.381 e. The van der Waals surface area contributed by atoms with Crippen LogP contribution in [0.2, 0.25) is 0 Å². The third kappa shape index (κ3) is 4.55.